The second-order valence-corrected chi connectivity index (χ2v) is 5.08. The van der Waals surface area contributed by atoms with Crippen LogP contribution in [0.3, 0.4) is 0 Å². The molecular formula is C10H16N2O. The molecule has 13 heavy (non-hydrogen) atoms. The number of allylic oxidation sites excluding steroid dienone is 1. The fraction of sp³-hybridized carbons (Fsp3) is 0.800. The first-order chi connectivity index (χ1) is 6.10. The first-order valence-corrected chi connectivity index (χ1v) is 5.05. The quantitative estimate of drug-likeness (QED) is 0.586. The molecule has 0 amide bonds. The summed E-state index contributed by atoms with van der Waals surface area (Å²) in [5.41, 5.74) is 7.21. The van der Waals surface area contributed by atoms with Crippen molar-refractivity contribution >= 4 is 0 Å². The fourth-order valence-corrected chi connectivity index (χ4v) is 3.42. The number of nitrogens with zero attached hydrogens (tertiary/aromatic N) is 1. The van der Waals surface area contributed by atoms with Gasteiger partial charge in [0.15, 0.2) is 0 Å². The number of hydroxylamine groups is 2. The lowest BCUT2D eigenvalue weighted by Crippen LogP contribution is -2.62. The van der Waals surface area contributed by atoms with E-state index in [-0.39, 0.29) is 5.54 Å². The largest absolute Gasteiger partial charge is 0.327 e. The zero-order valence-electron chi connectivity index (χ0n) is 7.90. The molecular weight excluding hydrogens is 164 g/mol. The molecule has 0 aromatic rings. The molecule has 2 heterocycles. The minimum absolute atomic E-state index is 0.0203. The molecule has 4 atom stereocenters. The molecule has 0 spiro atoms. The Kier molecular flexibility index (Phi) is 1.26. The Morgan fingerprint density at radius 1 is 1.62 bits per heavy atom. The summed E-state index contributed by atoms with van der Waals surface area (Å²) < 4.78 is 0. The molecule has 4 aliphatic rings. The van der Waals surface area contributed by atoms with Gasteiger partial charge < -0.3 is 5.73 Å². The summed E-state index contributed by atoms with van der Waals surface area (Å²) in [6, 6.07) is 0.338. The zero-order chi connectivity index (χ0) is 9.22. The topological polar surface area (TPSA) is 49.5 Å². The lowest BCUT2D eigenvalue weighted by atomic mass is 9.61. The van der Waals surface area contributed by atoms with Crippen LogP contribution in [0.5, 0.6) is 0 Å². The Labute approximate surface area is 78.2 Å². The molecule has 4 unspecified atom stereocenters. The second-order valence-electron chi connectivity index (χ2n) is 5.08. The maximum Gasteiger partial charge on any atom is 0.0649 e. The van der Waals surface area contributed by atoms with E-state index in [4.69, 9.17) is 5.73 Å². The number of nitrogens with two attached hydrogens (primary N) is 1. The van der Waals surface area contributed by atoms with Crippen LogP contribution in [-0.4, -0.2) is 21.9 Å². The van der Waals surface area contributed by atoms with Crippen molar-refractivity contribution in [1.82, 2.24) is 5.06 Å². The molecule has 3 heteroatoms. The highest BCUT2D eigenvalue weighted by molar-refractivity contribution is 5.23. The lowest BCUT2D eigenvalue weighted by molar-refractivity contribution is -0.192. The van der Waals surface area contributed by atoms with Crippen LogP contribution in [0.4, 0.5) is 0 Å². The Morgan fingerprint density at radius 3 is 3.00 bits per heavy atom. The van der Waals surface area contributed by atoms with Crippen molar-refractivity contribution in [3.8, 4) is 0 Å². The van der Waals surface area contributed by atoms with Crippen molar-refractivity contribution in [2.24, 2.45) is 17.6 Å². The first-order valence-electron chi connectivity index (χ1n) is 5.05. The fourth-order valence-electron chi connectivity index (χ4n) is 3.42. The third kappa shape index (κ3) is 0.816. The van der Waals surface area contributed by atoms with Crippen LogP contribution in [0.25, 0.3) is 0 Å². The first kappa shape index (κ1) is 7.83. The van der Waals surface area contributed by atoms with Crippen molar-refractivity contribution in [1.29, 1.82) is 0 Å². The average molecular weight is 180 g/mol. The number of piperidine rings is 1. The monoisotopic (exact) mass is 180 g/mol. The van der Waals surface area contributed by atoms with Gasteiger partial charge in [-0.15, -0.1) is 0 Å². The predicted octanol–water partition coefficient (Wildman–Crippen LogP) is 1.09. The average Bonchev–Trinajstić information content (AvgIpc) is 2.05. The maximum atomic E-state index is 9.90. The number of hydrogen-bond donors (Lipinski definition) is 2. The molecule has 0 aromatic heterocycles. The van der Waals surface area contributed by atoms with E-state index >= 15 is 0 Å². The van der Waals surface area contributed by atoms with Crippen LogP contribution in [0, 0.1) is 11.8 Å². The van der Waals surface area contributed by atoms with Gasteiger partial charge in [-0.1, -0.05) is 6.08 Å². The molecule has 1 saturated heterocycles. The van der Waals surface area contributed by atoms with Gasteiger partial charge in [0.05, 0.1) is 5.54 Å². The van der Waals surface area contributed by atoms with Crippen molar-refractivity contribution in [3.05, 3.63) is 11.8 Å². The summed E-state index contributed by atoms with van der Waals surface area (Å²) in [7, 11) is 0. The van der Waals surface area contributed by atoms with E-state index in [1.165, 1.54) is 5.06 Å². The van der Waals surface area contributed by atoms with Gasteiger partial charge in [0, 0.05) is 11.7 Å². The zero-order valence-corrected chi connectivity index (χ0v) is 7.90. The number of rotatable bonds is 0. The standard InChI is InChI=1S/C10H16N2O/c1-10-4-6-2-8(12(10)13)3-7(5-10)9(6)11/h2,6-7,9,13H,3-5,11H2,1H3. The molecule has 2 fully saturated rings. The third-order valence-corrected chi connectivity index (χ3v) is 4.08. The van der Waals surface area contributed by atoms with Gasteiger partial charge in [-0.3, -0.25) is 10.3 Å². The van der Waals surface area contributed by atoms with Gasteiger partial charge in [0.2, 0.25) is 0 Å². The third-order valence-electron chi connectivity index (χ3n) is 4.08. The smallest absolute Gasteiger partial charge is 0.0649 e. The van der Waals surface area contributed by atoms with Gasteiger partial charge in [0.1, 0.15) is 0 Å². The molecule has 3 nitrogen and oxygen atoms in total. The minimum Gasteiger partial charge on any atom is -0.327 e. The maximum absolute atomic E-state index is 9.90. The van der Waals surface area contributed by atoms with Crippen molar-refractivity contribution in [3.63, 3.8) is 0 Å². The molecule has 0 radical (unpaired) electrons. The summed E-state index contributed by atoms with van der Waals surface area (Å²) >= 11 is 0. The molecule has 4 bridgehead atoms. The van der Waals surface area contributed by atoms with E-state index in [9.17, 15) is 5.21 Å². The highest BCUT2D eigenvalue weighted by Crippen LogP contribution is 2.51. The summed E-state index contributed by atoms with van der Waals surface area (Å²) in [5, 5.41) is 11.4. The van der Waals surface area contributed by atoms with Crippen LogP contribution in [0.2, 0.25) is 0 Å². The van der Waals surface area contributed by atoms with Crippen molar-refractivity contribution < 1.29 is 5.21 Å². The molecule has 0 aromatic carbocycles. The van der Waals surface area contributed by atoms with Crippen LogP contribution < -0.4 is 5.73 Å². The second kappa shape index (κ2) is 2.10. The van der Waals surface area contributed by atoms with Crippen LogP contribution in [-0.2, 0) is 0 Å². The van der Waals surface area contributed by atoms with E-state index in [2.05, 4.69) is 13.0 Å². The molecule has 1 saturated carbocycles. The van der Waals surface area contributed by atoms with Crippen LogP contribution in [0.1, 0.15) is 26.2 Å². The molecule has 3 N–H and O–H groups in total. The van der Waals surface area contributed by atoms with E-state index in [0.29, 0.717) is 17.9 Å². The van der Waals surface area contributed by atoms with Gasteiger partial charge >= 0.3 is 0 Å². The summed E-state index contributed by atoms with van der Waals surface area (Å²) in [6.07, 6.45) is 5.22. The van der Waals surface area contributed by atoms with Crippen LogP contribution >= 0.6 is 0 Å². The lowest BCUT2D eigenvalue weighted by Gasteiger charge is -2.57. The Hall–Kier alpha value is -0.540. The highest BCUT2D eigenvalue weighted by Gasteiger charge is 2.52. The summed E-state index contributed by atoms with van der Waals surface area (Å²) in [4.78, 5) is 0. The predicted molar refractivity (Wildman–Crippen MR) is 48.9 cm³/mol. The SMILES string of the molecule is CC12CC3C=C(CC(C1)C3N)N2O. The van der Waals surface area contributed by atoms with E-state index in [1.54, 1.807) is 0 Å². The van der Waals surface area contributed by atoms with Gasteiger partial charge in [-0.2, -0.15) is 0 Å². The van der Waals surface area contributed by atoms with E-state index < -0.39 is 0 Å². The molecule has 4 rings (SSSR count). The molecule has 72 valence electrons. The van der Waals surface area contributed by atoms with Gasteiger partial charge in [-0.05, 0) is 38.0 Å². The molecule has 2 aliphatic carbocycles. The molecule has 2 aliphatic heterocycles. The van der Waals surface area contributed by atoms with Crippen molar-refractivity contribution in [2.75, 3.05) is 0 Å². The normalized spacial score (nSPS) is 52.7. The Bertz CT molecular complexity index is 289. The summed E-state index contributed by atoms with van der Waals surface area (Å²) in [5.74, 6) is 1.11. The summed E-state index contributed by atoms with van der Waals surface area (Å²) in [6.45, 7) is 2.14. The van der Waals surface area contributed by atoms with Gasteiger partial charge in [-0.25, -0.2) is 0 Å². The Balaban J connectivity index is 2.08. The van der Waals surface area contributed by atoms with Crippen LogP contribution in [0.15, 0.2) is 11.8 Å². The minimum atomic E-state index is -0.0203. The van der Waals surface area contributed by atoms with E-state index in [0.717, 1.165) is 25.0 Å². The van der Waals surface area contributed by atoms with Gasteiger partial charge in [0.25, 0.3) is 0 Å². The highest BCUT2D eigenvalue weighted by atomic mass is 16.5. The number of hydrogen-bond acceptors (Lipinski definition) is 3. The Morgan fingerprint density at radius 2 is 2.38 bits per heavy atom. The van der Waals surface area contributed by atoms with Crippen molar-refractivity contribution in [2.45, 2.75) is 37.8 Å². The van der Waals surface area contributed by atoms with E-state index in [1.807, 2.05) is 0 Å².